The van der Waals surface area contributed by atoms with Gasteiger partial charge >= 0.3 is 0 Å². The van der Waals surface area contributed by atoms with Crippen molar-refractivity contribution in [1.29, 1.82) is 0 Å². The van der Waals surface area contributed by atoms with Crippen LogP contribution in [0.1, 0.15) is 11.1 Å². The van der Waals surface area contributed by atoms with Crippen molar-refractivity contribution < 1.29 is 4.39 Å². The van der Waals surface area contributed by atoms with Crippen LogP contribution < -0.4 is 10.6 Å². The number of benzene rings is 2. The number of thiocarbonyl (C=S) groups is 1. The van der Waals surface area contributed by atoms with Gasteiger partial charge in [0.15, 0.2) is 0 Å². The maximum absolute atomic E-state index is 12.9. The maximum Gasteiger partial charge on any atom is 0.123 e. The Morgan fingerprint density at radius 3 is 2.50 bits per heavy atom. The standard InChI is InChI=1S/C15H14ClFN2S/c1-19(9-10-2-5-12(17)6-3-10)14-7-4-11(16)8-13(14)15(18)20/h2-8H,9H2,1H3,(H2,18,20). The van der Waals surface area contributed by atoms with E-state index in [4.69, 9.17) is 29.6 Å². The molecule has 2 aromatic rings. The van der Waals surface area contributed by atoms with E-state index in [2.05, 4.69) is 0 Å². The molecule has 0 heterocycles. The minimum atomic E-state index is -0.244. The van der Waals surface area contributed by atoms with Crippen LogP contribution in [0.25, 0.3) is 0 Å². The third-order valence-electron chi connectivity index (χ3n) is 2.97. The van der Waals surface area contributed by atoms with Crippen molar-refractivity contribution in [3.63, 3.8) is 0 Å². The molecule has 0 fully saturated rings. The Hall–Kier alpha value is -1.65. The van der Waals surface area contributed by atoms with Gasteiger partial charge in [-0.15, -0.1) is 0 Å². The lowest BCUT2D eigenvalue weighted by Gasteiger charge is -2.22. The van der Waals surface area contributed by atoms with Crippen LogP contribution in [-0.2, 0) is 6.54 Å². The zero-order valence-corrected chi connectivity index (χ0v) is 12.5. The number of hydrogen-bond donors (Lipinski definition) is 1. The minimum absolute atomic E-state index is 0.244. The number of halogens is 2. The van der Waals surface area contributed by atoms with E-state index in [9.17, 15) is 4.39 Å². The topological polar surface area (TPSA) is 29.3 Å². The van der Waals surface area contributed by atoms with E-state index in [0.717, 1.165) is 16.8 Å². The molecule has 0 saturated heterocycles. The SMILES string of the molecule is CN(Cc1ccc(F)cc1)c1ccc(Cl)cc1C(N)=S. The maximum atomic E-state index is 12.9. The fourth-order valence-corrected chi connectivity index (χ4v) is 2.32. The average Bonchev–Trinajstić information content (AvgIpc) is 2.41. The monoisotopic (exact) mass is 308 g/mol. The van der Waals surface area contributed by atoms with Crippen LogP contribution in [0.5, 0.6) is 0 Å². The molecule has 20 heavy (non-hydrogen) atoms. The molecule has 2 aromatic carbocycles. The first-order chi connectivity index (χ1) is 9.47. The molecule has 5 heteroatoms. The Morgan fingerprint density at radius 2 is 1.90 bits per heavy atom. The van der Waals surface area contributed by atoms with Crippen molar-refractivity contribution in [3.05, 3.63) is 64.4 Å². The highest BCUT2D eigenvalue weighted by Gasteiger charge is 2.11. The van der Waals surface area contributed by atoms with Crippen molar-refractivity contribution in [3.8, 4) is 0 Å². The Balaban J connectivity index is 2.27. The van der Waals surface area contributed by atoms with Crippen LogP contribution in [0.2, 0.25) is 5.02 Å². The number of hydrogen-bond acceptors (Lipinski definition) is 2. The van der Waals surface area contributed by atoms with E-state index in [1.165, 1.54) is 12.1 Å². The molecule has 0 radical (unpaired) electrons. The van der Waals surface area contributed by atoms with E-state index >= 15 is 0 Å². The quantitative estimate of drug-likeness (QED) is 0.872. The van der Waals surface area contributed by atoms with Gasteiger partial charge in [-0.05, 0) is 35.9 Å². The molecule has 2 N–H and O–H groups in total. The summed E-state index contributed by atoms with van der Waals surface area (Å²) in [5, 5.41) is 0.590. The molecule has 2 rings (SSSR count). The largest absolute Gasteiger partial charge is 0.389 e. The molecule has 104 valence electrons. The van der Waals surface area contributed by atoms with Gasteiger partial charge in [-0.25, -0.2) is 4.39 Å². The molecule has 0 bridgehead atoms. The van der Waals surface area contributed by atoms with Crippen LogP contribution in [0, 0.1) is 5.82 Å². The summed E-state index contributed by atoms with van der Waals surface area (Å²) in [6.45, 7) is 0.623. The summed E-state index contributed by atoms with van der Waals surface area (Å²) in [6.07, 6.45) is 0. The predicted molar refractivity (Wildman–Crippen MR) is 85.8 cm³/mol. The number of rotatable bonds is 4. The van der Waals surface area contributed by atoms with Crippen LogP contribution in [-0.4, -0.2) is 12.0 Å². The van der Waals surface area contributed by atoms with E-state index in [-0.39, 0.29) is 5.82 Å². The second-order valence-corrected chi connectivity index (χ2v) is 5.38. The van der Waals surface area contributed by atoms with Crippen LogP contribution in [0.3, 0.4) is 0 Å². The van der Waals surface area contributed by atoms with Crippen molar-refractivity contribution in [2.45, 2.75) is 6.54 Å². The first kappa shape index (κ1) is 14.8. The second-order valence-electron chi connectivity index (χ2n) is 4.51. The van der Waals surface area contributed by atoms with Gasteiger partial charge < -0.3 is 10.6 Å². The van der Waals surface area contributed by atoms with Crippen LogP contribution in [0.4, 0.5) is 10.1 Å². The first-order valence-electron chi connectivity index (χ1n) is 6.02. The van der Waals surface area contributed by atoms with Gasteiger partial charge in [0.05, 0.1) is 0 Å². The highest BCUT2D eigenvalue weighted by molar-refractivity contribution is 7.80. The molecular formula is C15H14ClFN2S. The lowest BCUT2D eigenvalue weighted by molar-refractivity contribution is 0.627. The summed E-state index contributed by atoms with van der Waals surface area (Å²) in [4.78, 5) is 2.30. The van der Waals surface area contributed by atoms with Crippen molar-refractivity contribution in [1.82, 2.24) is 0 Å². The number of nitrogens with zero attached hydrogens (tertiary/aromatic N) is 1. The molecule has 0 spiro atoms. The Morgan fingerprint density at radius 1 is 1.25 bits per heavy atom. The van der Waals surface area contributed by atoms with Crippen molar-refractivity contribution in [2.24, 2.45) is 5.73 Å². The lowest BCUT2D eigenvalue weighted by atomic mass is 10.1. The molecule has 2 nitrogen and oxygen atoms in total. The van der Waals surface area contributed by atoms with Crippen molar-refractivity contribution in [2.75, 3.05) is 11.9 Å². The molecular weight excluding hydrogens is 295 g/mol. The van der Waals surface area contributed by atoms with Gasteiger partial charge in [-0.3, -0.25) is 0 Å². The summed E-state index contributed by atoms with van der Waals surface area (Å²) in [6, 6.07) is 11.8. The van der Waals surface area contributed by atoms with E-state index in [1.54, 1.807) is 24.3 Å². The highest BCUT2D eigenvalue weighted by Crippen LogP contribution is 2.25. The lowest BCUT2D eigenvalue weighted by Crippen LogP contribution is -2.21. The first-order valence-corrected chi connectivity index (χ1v) is 6.81. The van der Waals surface area contributed by atoms with E-state index in [1.807, 2.05) is 18.0 Å². The molecule has 0 saturated carbocycles. The second kappa shape index (κ2) is 6.20. The fraction of sp³-hybridized carbons (Fsp3) is 0.133. The number of anilines is 1. The van der Waals surface area contributed by atoms with Gasteiger partial charge in [0.25, 0.3) is 0 Å². The van der Waals surface area contributed by atoms with Gasteiger partial charge in [0, 0.05) is 29.9 Å². The molecule has 0 aliphatic carbocycles. The number of nitrogens with two attached hydrogens (primary N) is 1. The smallest absolute Gasteiger partial charge is 0.123 e. The molecule has 0 unspecified atom stereocenters. The summed E-state index contributed by atoms with van der Waals surface area (Å²) in [5.74, 6) is -0.244. The highest BCUT2D eigenvalue weighted by atomic mass is 35.5. The van der Waals surface area contributed by atoms with Crippen LogP contribution >= 0.6 is 23.8 Å². The minimum Gasteiger partial charge on any atom is -0.389 e. The van der Waals surface area contributed by atoms with E-state index < -0.39 is 0 Å². The Labute approximate surface area is 128 Å². The fourth-order valence-electron chi connectivity index (χ4n) is 1.99. The Kier molecular flexibility index (Phi) is 4.57. The zero-order valence-electron chi connectivity index (χ0n) is 10.9. The third-order valence-corrected chi connectivity index (χ3v) is 3.42. The van der Waals surface area contributed by atoms with Crippen molar-refractivity contribution >= 4 is 34.5 Å². The Bertz CT molecular complexity index is 628. The van der Waals surface area contributed by atoms with Gasteiger partial charge in [0.2, 0.25) is 0 Å². The molecule has 0 amide bonds. The molecule has 0 atom stereocenters. The average molecular weight is 309 g/mol. The van der Waals surface area contributed by atoms with E-state index in [0.29, 0.717) is 16.6 Å². The van der Waals surface area contributed by atoms with Gasteiger partial charge in [0.1, 0.15) is 10.8 Å². The normalized spacial score (nSPS) is 10.3. The summed E-state index contributed by atoms with van der Waals surface area (Å²) in [5.41, 5.74) is 8.36. The summed E-state index contributed by atoms with van der Waals surface area (Å²) in [7, 11) is 1.92. The third kappa shape index (κ3) is 3.46. The molecule has 0 aromatic heterocycles. The summed E-state index contributed by atoms with van der Waals surface area (Å²) < 4.78 is 12.9. The zero-order chi connectivity index (χ0) is 14.7. The van der Waals surface area contributed by atoms with Crippen LogP contribution in [0.15, 0.2) is 42.5 Å². The summed E-state index contributed by atoms with van der Waals surface area (Å²) >= 11 is 11.0. The van der Waals surface area contributed by atoms with Gasteiger partial charge in [-0.1, -0.05) is 36.0 Å². The molecule has 0 aliphatic heterocycles. The predicted octanol–water partition coefficient (Wildman–Crippen LogP) is 3.75. The van der Waals surface area contributed by atoms with Gasteiger partial charge in [-0.2, -0.15) is 0 Å². The molecule has 0 aliphatic rings.